The van der Waals surface area contributed by atoms with E-state index in [4.69, 9.17) is 16.3 Å². The summed E-state index contributed by atoms with van der Waals surface area (Å²) >= 11 is 7.57. The van der Waals surface area contributed by atoms with Crippen molar-refractivity contribution >= 4 is 40.9 Å². The van der Waals surface area contributed by atoms with Crippen LogP contribution in [0.2, 0.25) is 5.02 Å². The predicted molar refractivity (Wildman–Crippen MR) is 108 cm³/mol. The van der Waals surface area contributed by atoms with Gasteiger partial charge in [0, 0.05) is 10.7 Å². The number of carboxylic acid groups (broad SMARTS) is 1. The third kappa shape index (κ3) is 4.06. The van der Waals surface area contributed by atoms with Crippen LogP contribution in [0.1, 0.15) is 35.3 Å². The van der Waals surface area contributed by atoms with Gasteiger partial charge in [-0.2, -0.15) is 0 Å². The van der Waals surface area contributed by atoms with E-state index in [0.29, 0.717) is 10.7 Å². The van der Waals surface area contributed by atoms with Crippen molar-refractivity contribution in [3.05, 3.63) is 58.1 Å². The summed E-state index contributed by atoms with van der Waals surface area (Å²) in [5.74, 6) is -0.543. The molecule has 1 heterocycles. The number of ether oxygens (including phenoxy) is 1. The summed E-state index contributed by atoms with van der Waals surface area (Å²) in [7, 11) is 1.63. The largest absolute Gasteiger partial charge is 0.496 e. The number of aliphatic carboxylic acids is 1. The molecule has 0 spiro atoms. The third-order valence-electron chi connectivity index (χ3n) is 4.53. The van der Waals surface area contributed by atoms with Gasteiger partial charge in [-0.1, -0.05) is 30.7 Å². The molecule has 5 nitrogen and oxygen atoms in total. The van der Waals surface area contributed by atoms with Gasteiger partial charge in [0.05, 0.1) is 24.0 Å². The van der Waals surface area contributed by atoms with Crippen molar-refractivity contribution in [2.24, 2.45) is 0 Å². The van der Waals surface area contributed by atoms with Crippen molar-refractivity contribution in [2.75, 3.05) is 12.4 Å². The van der Waals surface area contributed by atoms with Crippen molar-refractivity contribution in [3.8, 4) is 5.75 Å². The molecule has 27 heavy (non-hydrogen) atoms. The van der Waals surface area contributed by atoms with Gasteiger partial charge >= 0.3 is 5.97 Å². The number of carbonyl (C=O) groups is 2. The fraction of sp³-hybridized carbons (Fsp3) is 0.300. The zero-order valence-electron chi connectivity index (χ0n) is 15.0. The molecule has 3 rings (SSSR count). The van der Waals surface area contributed by atoms with Crippen LogP contribution in [-0.4, -0.2) is 29.3 Å². The Balaban J connectivity index is 2.18. The van der Waals surface area contributed by atoms with Crippen LogP contribution < -0.4 is 10.1 Å². The quantitative estimate of drug-likeness (QED) is 0.764. The fourth-order valence-electron chi connectivity index (χ4n) is 3.32. The van der Waals surface area contributed by atoms with Crippen molar-refractivity contribution < 1.29 is 19.4 Å². The molecule has 0 bridgehead atoms. The van der Waals surface area contributed by atoms with Crippen LogP contribution in [0, 0.1) is 0 Å². The van der Waals surface area contributed by atoms with E-state index in [1.807, 2.05) is 31.2 Å². The number of nitrogens with one attached hydrogen (secondary N) is 1. The molecule has 0 saturated heterocycles. The van der Waals surface area contributed by atoms with Gasteiger partial charge in [0.15, 0.2) is 0 Å². The van der Waals surface area contributed by atoms with E-state index < -0.39 is 11.2 Å². The number of fused-ring (bicyclic) bond motifs is 1. The van der Waals surface area contributed by atoms with E-state index in [0.717, 1.165) is 28.9 Å². The highest BCUT2D eigenvalue weighted by molar-refractivity contribution is 8.01. The molecule has 0 radical (unpaired) electrons. The first kappa shape index (κ1) is 19.6. The third-order valence-corrected chi connectivity index (χ3v) is 6.26. The summed E-state index contributed by atoms with van der Waals surface area (Å²) in [6, 6.07) is 11.1. The summed E-state index contributed by atoms with van der Waals surface area (Å²) < 4.78 is 5.51. The molecular weight excluding hydrogens is 386 g/mol. The lowest BCUT2D eigenvalue weighted by Crippen LogP contribution is -2.26. The molecule has 1 aliphatic rings. The van der Waals surface area contributed by atoms with Crippen LogP contribution in [0.15, 0.2) is 36.4 Å². The monoisotopic (exact) mass is 405 g/mol. The van der Waals surface area contributed by atoms with Crippen LogP contribution in [0.3, 0.4) is 0 Å². The number of hydrogen-bond acceptors (Lipinski definition) is 4. The number of carbonyl (C=O) groups excluding carboxylic acids is 1. The van der Waals surface area contributed by atoms with Gasteiger partial charge in [-0.25, -0.2) is 0 Å². The average molecular weight is 406 g/mol. The van der Waals surface area contributed by atoms with Crippen LogP contribution in [-0.2, 0) is 16.0 Å². The van der Waals surface area contributed by atoms with Gasteiger partial charge in [0.2, 0.25) is 5.91 Å². The van der Waals surface area contributed by atoms with Crippen LogP contribution in [0.25, 0.3) is 0 Å². The first-order chi connectivity index (χ1) is 12.9. The second-order valence-electron chi connectivity index (χ2n) is 6.21. The maximum absolute atomic E-state index is 12.6. The van der Waals surface area contributed by atoms with Gasteiger partial charge in [-0.05, 0) is 47.4 Å². The van der Waals surface area contributed by atoms with E-state index in [-0.39, 0.29) is 17.6 Å². The maximum Gasteiger partial charge on any atom is 0.305 e. The summed E-state index contributed by atoms with van der Waals surface area (Å²) in [5, 5.41) is 11.7. The van der Waals surface area contributed by atoms with Crippen LogP contribution >= 0.6 is 23.4 Å². The summed E-state index contributed by atoms with van der Waals surface area (Å²) in [6.07, 6.45) is 0.497. The maximum atomic E-state index is 12.6. The molecule has 1 aliphatic heterocycles. The molecule has 1 amide bonds. The van der Waals surface area contributed by atoms with Gasteiger partial charge < -0.3 is 15.2 Å². The van der Waals surface area contributed by atoms with E-state index in [1.165, 1.54) is 11.8 Å². The zero-order chi connectivity index (χ0) is 19.6. The van der Waals surface area contributed by atoms with Crippen LogP contribution in [0.5, 0.6) is 5.75 Å². The molecule has 0 unspecified atom stereocenters. The molecule has 2 atom stereocenters. The number of amides is 1. The van der Waals surface area contributed by atoms with Crippen molar-refractivity contribution in [3.63, 3.8) is 0 Å². The number of halogens is 1. The SMILES string of the molecule is CCc1c(OC)cccc1[C@H]1S[C@H](CC(=O)O)C(=O)Nc2ccc(Cl)cc21. The van der Waals surface area contributed by atoms with Crippen molar-refractivity contribution in [1.29, 1.82) is 0 Å². The molecule has 0 fully saturated rings. The first-order valence-corrected chi connectivity index (χ1v) is 9.90. The zero-order valence-corrected chi connectivity index (χ0v) is 16.6. The fourth-order valence-corrected chi connectivity index (χ4v) is 4.95. The molecule has 0 aliphatic carbocycles. The molecule has 2 aromatic carbocycles. The average Bonchev–Trinajstić information content (AvgIpc) is 2.77. The Morgan fingerprint density at radius 3 is 2.74 bits per heavy atom. The van der Waals surface area contributed by atoms with E-state index in [2.05, 4.69) is 5.32 Å². The summed E-state index contributed by atoms with van der Waals surface area (Å²) in [6.45, 7) is 2.04. The normalized spacial score (nSPS) is 19.0. The number of hydrogen-bond donors (Lipinski definition) is 2. The van der Waals surface area contributed by atoms with Gasteiger partial charge in [0.25, 0.3) is 0 Å². The Morgan fingerprint density at radius 2 is 2.07 bits per heavy atom. The van der Waals surface area contributed by atoms with Gasteiger partial charge in [-0.3, -0.25) is 9.59 Å². The highest BCUT2D eigenvalue weighted by Crippen LogP contribution is 2.47. The molecule has 142 valence electrons. The second kappa shape index (κ2) is 8.23. The summed E-state index contributed by atoms with van der Waals surface area (Å²) in [5.41, 5.74) is 3.54. The highest BCUT2D eigenvalue weighted by Gasteiger charge is 2.34. The first-order valence-electron chi connectivity index (χ1n) is 8.58. The van der Waals surface area contributed by atoms with E-state index >= 15 is 0 Å². The highest BCUT2D eigenvalue weighted by atomic mass is 35.5. The molecule has 2 aromatic rings. The number of carboxylic acids is 1. The smallest absolute Gasteiger partial charge is 0.305 e. The molecule has 0 saturated carbocycles. The molecule has 2 N–H and O–H groups in total. The summed E-state index contributed by atoms with van der Waals surface area (Å²) in [4.78, 5) is 23.9. The van der Waals surface area contributed by atoms with E-state index in [9.17, 15) is 14.7 Å². The Kier molecular flexibility index (Phi) is 5.97. The standard InChI is InChI=1S/C20H20ClNO4S/c1-3-12-13(5-4-6-16(12)26-2)19-14-9-11(21)7-8-15(14)22-20(25)17(27-19)10-18(23)24/h4-9,17,19H,3,10H2,1-2H3,(H,22,25)(H,23,24)/t17-,19-/m1/s1. The van der Waals surface area contributed by atoms with Crippen LogP contribution in [0.4, 0.5) is 5.69 Å². The number of thioether (sulfide) groups is 1. The molecular formula is C20H20ClNO4S. The van der Waals surface area contributed by atoms with E-state index in [1.54, 1.807) is 19.2 Å². The minimum atomic E-state index is -1.01. The second-order valence-corrected chi connectivity index (χ2v) is 7.95. The number of anilines is 1. The topological polar surface area (TPSA) is 75.6 Å². The lowest BCUT2D eigenvalue weighted by atomic mass is 9.96. The lowest BCUT2D eigenvalue weighted by Gasteiger charge is -2.23. The van der Waals surface area contributed by atoms with Gasteiger partial charge in [-0.15, -0.1) is 11.8 Å². The Labute approximate surface area is 167 Å². The van der Waals surface area contributed by atoms with Crippen molar-refractivity contribution in [2.45, 2.75) is 30.3 Å². The number of benzene rings is 2. The number of methoxy groups -OCH3 is 1. The number of rotatable bonds is 5. The Bertz CT molecular complexity index is 886. The minimum Gasteiger partial charge on any atom is -0.496 e. The van der Waals surface area contributed by atoms with Crippen molar-refractivity contribution in [1.82, 2.24) is 0 Å². The molecule has 7 heteroatoms. The molecule has 0 aromatic heterocycles. The minimum absolute atomic E-state index is 0.243. The lowest BCUT2D eigenvalue weighted by molar-refractivity contribution is -0.138. The predicted octanol–water partition coefficient (Wildman–Crippen LogP) is 4.53. The Morgan fingerprint density at radius 1 is 1.30 bits per heavy atom. The van der Waals surface area contributed by atoms with Gasteiger partial charge in [0.1, 0.15) is 5.75 Å². The Hall–Kier alpha value is -2.18.